The molecule has 4 nitrogen and oxygen atoms in total. The summed E-state index contributed by atoms with van der Waals surface area (Å²) in [6.45, 7) is 0. The Morgan fingerprint density at radius 3 is 2.28 bits per heavy atom. The lowest BCUT2D eigenvalue weighted by molar-refractivity contribution is -0.209. The van der Waals surface area contributed by atoms with Crippen LogP contribution < -0.4 is 0 Å². The second-order valence-electron chi connectivity index (χ2n) is 3.98. The molecule has 3 atom stereocenters. The van der Waals surface area contributed by atoms with Crippen molar-refractivity contribution in [2.75, 3.05) is 0 Å². The first-order valence-corrected chi connectivity index (χ1v) is 6.47. The molecule has 0 fully saturated rings. The van der Waals surface area contributed by atoms with E-state index in [1.165, 1.54) is 18.2 Å². The third-order valence-electron chi connectivity index (χ3n) is 2.86. The number of halogens is 3. The van der Waals surface area contributed by atoms with Crippen LogP contribution in [0.3, 0.4) is 0 Å². The second kappa shape index (κ2) is 3.94. The fourth-order valence-electron chi connectivity index (χ4n) is 2.01. The van der Waals surface area contributed by atoms with Crippen molar-refractivity contribution in [1.29, 1.82) is 0 Å². The smallest absolute Gasteiger partial charge is 0.387 e. The van der Waals surface area contributed by atoms with Crippen molar-refractivity contribution >= 4 is 9.84 Å². The van der Waals surface area contributed by atoms with E-state index in [-0.39, 0.29) is 10.5 Å². The van der Waals surface area contributed by atoms with Crippen LogP contribution in [0.5, 0.6) is 0 Å². The van der Waals surface area contributed by atoms with Crippen molar-refractivity contribution in [3.8, 4) is 0 Å². The van der Waals surface area contributed by atoms with Crippen LogP contribution in [0.4, 0.5) is 13.2 Å². The van der Waals surface area contributed by atoms with E-state index >= 15 is 0 Å². The van der Waals surface area contributed by atoms with Crippen LogP contribution in [0.15, 0.2) is 29.2 Å². The molecule has 0 aliphatic carbocycles. The molecule has 0 spiro atoms. The van der Waals surface area contributed by atoms with Gasteiger partial charge in [0.2, 0.25) is 0 Å². The van der Waals surface area contributed by atoms with Gasteiger partial charge in [-0.1, -0.05) is 18.2 Å². The number of aliphatic hydroxyl groups is 2. The first kappa shape index (κ1) is 13.3. The van der Waals surface area contributed by atoms with E-state index in [0.717, 1.165) is 6.07 Å². The van der Waals surface area contributed by atoms with Crippen molar-refractivity contribution in [2.24, 2.45) is 0 Å². The van der Waals surface area contributed by atoms with Crippen molar-refractivity contribution in [3.05, 3.63) is 29.8 Å². The third-order valence-corrected chi connectivity index (χ3v) is 5.08. The largest absolute Gasteiger partial charge is 0.415 e. The number of alkyl halides is 3. The highest BCUT2D eigenvalue weighted by molar-refractivity contribution is 7.92. The zero-order valence-electron chi connectivity index (χ0n) is 8.79. The summed E-state index contributed by atoms with van der Waals surface area (Å²) in [5, 5.41) is 16.5. The van der Waals surface area contributed by atoms with E-state index in [9.17, 15) is 26.7 Å². The maximum Gasteiger partial charge on any atom is 0.415 e. The van der Waals surface area contributed by atoms with Crippen molar-refractivity contribution in [2.45, 2.75) is 28.5 Å². The Morgan fingerprint density at radius 2 is 1.78 bits per heavy atom. The van der Waals surface area contributed by atoms with Crippen LogP contribution in [0, 0.1) is 0 Å². The van der Waals surface area contributed by atoms with Crippen LogP contribution in [-0.4, -0.2) is 36.2 Å². The number of aliphatic hydroxyl groups excluding tert-OH is 2. The summed E-state index contributed by atoms with van der Waals surface area (Å²) in [6, 6.07) is 5.07. The van der Waals surface area contributed by atoms with Crippen molar-refractivity contribution in [1.82, 2.24) is 0 Å². The lowest BCUT2D eigenvalue weighted by Gasteiger charge is -2.22. The second-order valence-corrected chi connectivity index (χ2v) is 6.05. The highest BCUT2D eigenvalue weighted by Gasteiger charge is 2.56. The summed E-state index contributed by atoms with van der Waals surface area (Å²) >= 11 is 0. The molecule has 8 heteroatoms. The molecule has 0 amide bonds. The molecule has 0 aromatic heterocycles. The number of sulfone groups is 1. The molecule has 1 aliphatic heterocycles. The highest BCUT2D eigenvalue weighted by atomic mass is 32.2. The van der Waals surface area contributed by atoms with Gasteiger partial charge < -0.3 is 10.2 Å². The van der Waals surface area contributed by atoms with E-state index in [1.54, 1.807) is 0 Å². The maximum atomic E-state index is 12.4. The molecule has 1 aromatic carbocycles. The molecule has 1 heterocycles. The minimum atomic E-state index is -5.11. The number of benzene rings is 1. The molecule has 0 radical (unpaired) electrons. The summed E-state index contributed by atoms with van der Waals surface area (Å²) < 4.78 is 61.0. The topological polar surface area (TPSA) is 74.6 Å². The lowest BCUT2D eigenvalue weighted by Crippen LogP contribution is -2.44. The fourth-order valence-corrected chi connectivity index (χ4v) is 4.06. The Hall–Kier alpha value is -1.12. The van der Waals surface area contributed by atoms with Gasteiger partial charge in [0.1, 0.15) is 11.4 Å². The van der Waals surface area contributed by atoms with Gasteiger partial charge in [0, 0.05) is 5.56 Å². The summed E-state index contributed by atoms with van der Waals surface area (Å²) in [4.78, 5) is -0.370. The molecular weight excluding hydrogens is 273 g/mol. The number of hydrogen-bond acceptors (Lipinski definition) is 4. The summed E-state index contributed by atoms with van der Waals surface area (Å²) in [5.74, 6) is 0. The minimum Gasteiger partial charge on any atom is -0.387 e. The van der Waals surface area contributed by atoms with Gasteiger partial charge in [-0.3, -0.25) is 0 Å². The molecule has 2 N–H and O–H groups in total. The summed E-state index contributed by atoms with van der Waals surface area (Å²) in [5.41, 5.74) is -0.120. The predicted octanol–water partition coefficient (Wildman–Crippen LogP) is 0.799. The predicted molar refractivity (Wildman–Crippen MR) is 54.4 cm³/mol. The van der Waals surface area contributed by atoms with E-state index in [2.05, 4.69) is 0 Å². The number of hydrogen-bond donors (Lipinski definition) is 2. The van der Waals surface area contributed by atoms with Gasteiger partial charge in [0.15, 0.2) is 15.9 Å². The molecule has 0 bridgehead atoms. The minimum absolute atomic E-state index is 0.120. The van der Waals surface area contributed by atoms with Gasteiger partial charge in [-0.15, -0.1) is 0 Å². The average molecular weight is 282 g/mol. The average Bonchev–Trinajstić information content (AvgIpc) is 2.46. The molecule has 2 rings (SSSR count). The first-order chi connectivity index (χ1) is 8.17. The Morgan fingerprint density at radius 1 is 1.22 bits per heavy atom. The van der Waals surface area contributed by atoms with E-state index in [1.807, 2.05) is 0 Å². The molecule has 1 aliphatic rings. The van der Waals surface area contributed by atoms with E-state index < -0.39 is 33.5 Å². The van der Waals surface area contributed by atoms with Gasteiger partial charge in [0.25, 0.3) is 0 Å². The monoisotopic (exact) mass is 282 g/mol. The first-order valence-electron chi connectivity index (χ1n) is 4.93. The fraction of sp³-hybridized carbons (Fsp3) is 0.400. The molecule has 0 saturated heterocycles. The van der Waals surface area contributed by atoms with Crippen LogP contribution in [0.1, 0.15) is 11.7 Å². The van der Waals surface area contributed by atoms with Crippen molar-refractivity contribution < 1.29 is 31.8 Å². The van der Waals surface area contributed by atoms with Gasteiger partial charge in [-0.25, -0.2) is 8.42 Å². The Balaban J connectivity index is 2.56. The Kier molecular flexibility index (Phi) is 2.91. The van der Waals surface area contributed by atoms with Gasteiger partial charge in [-0.2, -0.15) is 13.2 Å². The van der Waals surface area contributed by atoms with E-state index in [0.29, 0.717) is 0 Å². The van der Waals surface area contributed by atoms with Crippen LogP contribution in [-0.2, 0) is 9.84 Å². The van der Waals surface area contributed by atoms with Gasteiger partial charge in [-0.05, 0) is 6.07 Å². The summed E-state index contributed by atoms with van der Waals surface area (Å²) in [7, 11) is -4.40. The van der Waals surface area contributed by atoms with Gasteiger partial charge in [0.05, 0.1) is 4.90 Å². The molecular formula is C10H9F3O4S. The third kappa shape index (κ3) is 1.80. The molecule has 100 valence electrons. The maximum absolute atomic E-state index is 12.4. The normalized spacial score (nSPS) is 27.8. The standard InChI is InChI=1S/C10H9F3O4S/c11-10(12,13)9(15)8-7(14)5-3-1-2-4-6(5)18(8,16)17/h1-4,7-9,14-15H. The Labute approximate surface area is 101 Å². The number of rotatable bonds is 1. The van der Waals surface area contributed by atoms with E-state index in [4.69, 9.17) is 5.11 Å². The molecule has 18 heavy (non-hydrogen) atoms. The van der Waals surface area contributed by atoms with Crippen LogP contribution in [0.25, 0.3) is 0 Å². The SMILES string of the molecule is O=S1(=O)c2ccccc2C(O)C1C(O)C(F)(F)F. The molecule has 0 saturated carbocycles. The quantitative estimate of drug-likeness (QED) is 0.799. The summed E-state index contributed by atoms with van der Waals surface area (Å²) in [6.07, 6.45) is -10.1. The zero-order chi connectivity index (χ0) is 13.7. The lowest BCUT2D eigenvalue weighted by atomic mass is 10.0. The highest BCUT2D eigenvalue weighted by Crippen LogP contribution is 2.43. The van der Waals surface area contributed by atoms with Crippen molar-refractivity contribution in [3.63, 3.8) is 0 Å². The van der Waals surface area contributed by atoms with Crippen LogP contribution in [0.2, 0.25) is 0 Å². The van der Waals surface area contributed by atoms with Gasteiger partial charge >= 0.3 is 6.18 Å². The van der Waals surface area contributed by atoms with Crippen LogP contribution >= 0.6 is 0 Å². The molecule has 3 unspecified atom stereocenters. The zero-order valence-corrected chi connectivity index (χ0v) is 9.61. The molecule has 1 aromatic rings. The number of fused-ring (bicyclic) bond motifs is 1. The Bertz CT molecular complexity index is 567.